The van der Waals surface area contributed by atoms with Gasteiger partial charge in [-0.15, -0.1) is 0 Å². The Hall–Kier alpha value is -1.47. The summed E-state index contributed by atoms with van der Waals surface area (Å²) in [5.74, 6) is -0.308. The van der Waals surface area contributed by atoms with E-state index in [4.69, 9.17) is 5.73 Å². The Morgan fingerprint density at radius 1 is 1.07 bits per heavy atom. The third kappa shape index (κ3) is 5.05. The van der Waals surface area contributed by atoms with E-state index in [2.05, 4.69) is 39.5 Å². The number of hydrogen-bond acceptors (Lipinski definition) is 5. The molecule has 0 bridgehead atoms. The lowest BCUT2D eigenvalue weighted by Crippen LogP contribution is -2.65. The van der Waals surface area contributed by atoms with Crippen molar-refractivity contribution in [3.63, 3.8) is 0 Å². The average molecular weight is 425 g/mol. The summed E-state index contributed by atoms with van der Waals surface area (Å²) < 4.78 is 0. The molecule has 30 heavy (non-hydrogen) atoms. The molecule has 1 saturated heterocycles. The van der Waals surface area contributed by atoms with E-state index in [1.807, 2.05) is 20.9 Å². The highest BCUT2D eigenvalue weighted by Gasteiger charge is 2.53. The predicted molar refractivity (Wildman–Crippen MR) is 121 cm³/mol. The summed E-state index contributed by atoms with van der Waals surface area (Å²) in [4.78, 5) is 44.8. The lowest BCUT2D eigenvalue weighted by molar-refractivity contribution is -0.164. The van der Waals surface area contributed by atoms with E-state index in [9.17, 15) is 14.4 Å². The third-order valence-electron chi connectivity index (χ3n) is 7.81. The summed E-state index contributed by atoms with van der Waals surface area (Å²) in [6, 6.07) is -1.19. The molecule has 7 nitrogen and oxygen atoms in total. The van der Waals surface area contributed by atoms with Crippen molar-refractivity contribution in [2.45, 2.75) is 74.4 Å². The number of nitrogens with zero attached hydrogens (tertiary/aromatic N) is 3. The van der Waals surface area contributed by atoms with E-state index >= 15 is 0 Å². The number of Topliss-reactive ketones (excluding diaryl/α,β-unsaturated/α-hetero) is 1. The molecular formula is C23H44N4O3. The first-order valence-electron chi connectivity index (χ1n) is 11.0. The molecule has 2 amide bonds. The van der Waals surface area contributed by atoms with E-state index in [0.717, 1.165) is 0 Å². The van der Waals surface area contributed by atoms with Crippen molar-refractivity contribution < 1.29 is 14.4 Å². The summed E-state index contributed by atoms with van der Waals surface area (Å²) in [6.07, 6.45) is 0. The van der Waals surface area contributed by atoms with Crippen LogP contribution in [-0.2, 0) is 14.4 Å². The van der Waals surface area contributed by atoms with Gasteiger partial charge >= 0.3 is 0 Å². The highest BCUT2D eigenvalue weighted by Crippen LogP contribution is 2.52. The Bertz CT molecular complexity index is 651. The zero-order chi connectivity index (χ0) is 23.7. The standard InChI is InChI=1S/C23H44N4O3/c1-16(17(2)28)26(12-11-24)19(29)18-15-25(10)13-14-27(18)20(30)22(6,7)23(8,9)21(3,4)5/h16,18H,11-15,24H2,1-10H3. The summed E-state index contributed by atoms with van der Waals surface area (Å²) in [5, 5.41) is 0. The van der Waals surface area contributed by atoms with Gasteiger partial charge in [-0.3, -0.25) is 14.4 Å². The Morgan fingerprint density at radius 3 is 2.03 bits per heavy atom. The van der Waals surface area contributed by atoms with Crippen LogP contribution >= 0.6 is 0 Å². The van der Waals surface area contributed by atoms with Crippen LogP contribution in [0.25, 0.3) is 0 Å². The molecule has 1 aliphatic rings. The molecular weight excluding hydrogens is 380 g/mol. The van der Waals surface area contributed by atoms with Crippen molar-refractivity contribution in [3.05, 3.63) is 0 Å². The van der Waals surface area contributed by atoms with Gasteiger partial charge in [0.1, 0.15) is 6.04 Å². The minimum atomic E-state index is -0.676. The SMILES string of the molecule is CC(=O)C(C)N(CCN)C(=O)C1CN(C)CCN1C(=O)C(C)(C)C(C)(C)C(C)(C)C. The molecule has 1 rings (SSSR count). The van der Waals surface area contributed by atoms with Gasteiger partial charge < -0.3 is 20.4 Å². The number of hydrogen-bond donors (Lipinski definition) is 1. The number of carbonyl (C=O) groups excluding carboxylic acids is 3. The van der Waals surface area contributed by atoms with Crippen LogP contribution in [0.15, 0.2) is 0 Å². The summed E-state index contributed by atoms with van der Waals surface area (Å²) in [7, 11) is 1.95. The maximum atomic E-state index is 13.9. The summed E-state index contributed by atoms with van der Waals surface area (Å²) in [6.45, 7) is 20.0. The maximum absolute atomic E-state index is 13.9. The van der Waals surface area contributed by atoms with Crippen LogP contribution in [0.1, 0.15) is 62.3 Å². The Morgan fingerprint density at radius 2 is 1.60 bits per heavy atom. The second kappa shape index (κ2) is 9.35. The molecule has 1 aliphatic heterocycles. The normalized spacial score (nSPS) is 20.1. The molecule has 1 heterocycles. The van der Waals surface area contributed by atoms with Crippen molar-refractivity contribution in [2.75, 3.05) is 39.8 Å². The van der Waals surface area contributed by atoms with Gasteiger partial charge in [-0.1, -0.05) is 48.5 Å². The summed E-state index contributed by atoms with van der Waals surface area (Å²) >= 11 is 0. The van der Waals surface area contributed by atoms with E-state index in [-0.39, 0.29) is 35.0 Å². The highest BCUT2D eigenvalue weighted by molar-refractivity contribution is 5.93. The van der Waals surface area contributed by atoms with Gasteiger partial charge in [0.25, 0.3) is 0 Å². The Labute approximate surface area is 183 Å². The molecule has 0 spiro atoms. The minimum Gasteiger partial charge on any atom is -0.330 e. The summed E-state index contributed by atoms with van der Waals surface area (Å²) in [5.41, 5.74) is 4.65. The van der Waals surface area contributed by atoms with Gasteiger partial charge in [-0.05, 0) is 31.7 Å². The first-order valence-corrected chi connectivity index (χ1v) is 11.0. The van der Waals surface area contributed by atoms with Crippen LogP contribution in [0.4, 0.5) is 0 Å². The fourth-order valence-electron chi connectivity index (χ4n) is 3.98. The monoisotopic (exact) mass is 424 g/mol. The zero-order valence-electron chi connectivity index (χ0n) is 20.8. The molecule has 0 aromatic rings. The first kappa shape index (κ1) is 26.6. The van der Waals surface area contributed by atoms with Crippen molar-refractivity contribution in [1.29, 1.82) is 0 Å². The predicted octanol–water partition coefficient (Wildman–Crippen LogP) is 1.99. The molecule has 2 N–H and O–H groups in total. The second-order valence-electron chi connectivity index (χ2n) is 10.9. The number of likely N-dealkylation sites (N-methyl/N-ethyl adjacent to an activating group) is 1. The number of piperazine rings is 1. The van der Waals surface area contributed by atoms with Gasteiger partial charge in [-0.2, -0.15) is 0 Å². The van der Waals surface area contributed by atoms with Crippen LogP contribution in [0.3, 0.4) is 0 Å². The van der Waals surface area contributed by atoms with Crippen LogP contribution in [0.5, 0.6) is 0 Å². The molecule has 0 aromatic carbocycles. The third-order valence-corrected chi connectivity index (χ3v) is 7.81. The number of carbonyl (C=O) groups is 3. The molecule has 0 saturated carbocycles. The quantitative estimate of drug-likeness (QED) is 0.675. The van der Waals surface area contributed by atoms with Crippen LogP contribution < -0.4 is 5.73 Å². The number of nitrogens with two attached hydrogens (primary N) is 1. The van der Waals surface area contributed by atoms with Crippen LogP contribution in [0, 0.1) is 16.2 Å². The van der Waals surface area contributed by atoms with E-state index in [1.165, 1.54) is 11.8 Å². The Balaban J connectivity index is 3.34. The molecule has 2 unspecified atom stereocenters. The van der Waals surface area contributed by atoms with Crippen molar-refractivity contribution in [2.24, 2.45) is 22.0 Å². The average Bonchev–Trinajstić information content (AvgIpc) is 2.63. The molecule has 174 valence electrons. The van der Waals surface area contributed by atoms with Crippen LogP contribution in [-0.4, -0.2) is 84.2 Å². The number of ketones is 1. The molecule has 0 radical (unpaired) electrons. The number of amides is 2. The van der Waals surface area contributed by atoms with E-state index < -0.39 is 17.5 Å². The fourth-order valence-corrected chi connectivity index (χ4v) is 3.98. The maximum Gasteiger partial charge on any atom is 0.247 e. The minimum absolute atomic E-state index is 0.0166. The number of rotatable bonds is 7. The van der Waals surface area contributed by atoms with Crippen LogP contribution in [0.2, 0.25) is 0 Å². The molecule has 0 aromatic heterocycles. The van der Waals surface area contributed by atoms with Gasteiger partial charge in [0.05, 0.1) is 6.04 Å². The lowest BCUT2D eigenvalue weighted by atomic mass is 9.55. The lowest BCUT2D eigenvalue weighted by Gasteiger charge is -2.53. The molecule has 0 aliphatic carbocycles. The topological polar surface area (TPSA) is 86.9 Å². The van der Waals surface area contributed by atoms with Gasteiger partial charge in [0, 0.05) is 38.1 Å². The molecule has 7 heteroatoms. The largest absolute Gasteiger partial charge is 0.330 e. The van der Waals surface area contributed by atoms with Gasteiger partial charge in [0.2, 0.25) is 11.8 Å². The van der Waals surface area contributed by atoms with Crippen molar-refractivity contribution in [1.82, 2.24) is 14.7 Å². The van der Waals surface area contributed by atoms with Crippen molar-refractivity contribution in [3.8, 4) is 0 Å². The van der Waals surface area contributed by atoms with Gasteiger partial charge in [0.15, 0.2) is 5.78 Å². The smallest absolute Gasteiger partial charge is 0.247 e. The Kier molecular flexibility index (Phi) is 8.28. The molecule has 2 atom stereocenters. The first-order chi connectivity index (χ1) is 13.5. The van der Waals surface area contributed by atoms with Crippen molar-refractivity contribution >= 4 is 17.6 Å². The van der Waals surface area contributed by atoms with Gasteiger partial charge in [-0.25, -0.2) is 0 Å². The fraction of sp³-hybridized carbons (Fsp3) is 0.870. The second-order valence-corrected chi connectivity index (χ2v) is 10.9. The van der Waals surface area contributed by atoms with E-state index in [1.54, 1.807) is 11.8 Å². The molecule has 1 fully saturated rings. The van der Waals surface area contributed by atoms with E-state index in [0.29, 0.717) is 26.2 Å². The zero-order valence-corrected chi connectivity index (χ0v) is 20.8. The highest BCUT2D eigenvalue weighted by atomic mass is 16.2.